The van der Waals surface area contributed by atoms with Crippen molar-refractivity contribution in [2.75, 3.05) is 0 Å². The van der Waals surface area contributed by atoms with Crippen LogP contribution in [0.15, 0.2) is 34.9 Å². The Morgan fingerprint density at radius 3 is 2.78 bits per heavy atom. The molecule has 0 bridgehead atoms. The first-order chi connectivity index (χ1) is 8.50. The summed E-state index contributed by atoms with van der Waals surface area (Å²) in [6.07, 6.45) is 3.15. The van der Waals surface area contributed by atoms with Crippen molar-refractivity contribution in [1.29, 1.82) is 0 Å². The van der Waals surface area contributed by atoms with Crippen LogP contribution in [0.2, 0.25) is 0 Å². The number of hydrogen-bond acceptors (Lipinski definition) is 3. The van der Waals surface area contributed by atoms with Crippen LogP contribution >= 0.6 is 0 Å². The number of esters is 1. The average molecular weight is 244 g/mol. The summed E-state index contributed by atoms with van der Waals surface area (Å²) in [6, 6.07) is 0. The molecule has 3 atom stereocenters. The van der Waals surface area contributed by atoms with Gasteiger partial charge in [0.1, 0.15) is 6.10 Å². The van der Waals surface area contributed by atoms with Gasteiger partial charge in [0.15, 0.2) is 5.78 Å². The largest absolute Gasteiger partial charge is 0.457 e. The zero-order valence-corrected chi connectivity index (χ0v) is 10.7. The normalized spacial score (nSPS) is 35.1. The molecule has 3 nitrogen and oxygen atoms in total. The van der Waals surface area contributed by atoms with E-state index in [2.05, 4.69) is 6.58 Å². The van der Waals surface area contributed by atoms with Crippen LogP contribution in [-0.4, -0.2) is 17.9 Å². The lowest BCUT2D eigenvalue weighted by Crippen LogP contribution is -2.27. The van der Waals surface area contributed by atoms with Crippen LogP contribution in [0, 0.1) is 11.8 Å². The highest BCUT2D eigenvalue weighted by Gasteiger charge is 2.49. The molecule has 0 amide bonds. The molecule has 0 aromatic rings. The Labute approximate surface area is 106 Å². The fraction of sp³-hybridized carbons (Fsp3) is 0.467. The first-order valence-electron chi connectivity index (χ1n) is 6.32. The van der Waals surface area contributed by atoms with Crippen LogP contribution in [0.3, 0.4) is 0 Å². The summed E-state index contributed by atoms with van der Waals surface area (Å²) in [5, 5.41) is 0. The topological polar surface area (TPSA) is 43.4 Å². The lowest BCUT2D eigenvalue weighted by molar-refractivity contribution is -0.140. The molecule has 2 unspecified atom stereocenters. The molecule has 0 aromatic carbocycles. The van der Waals surface area contributed by atoms with Gasteiger partial charge in [-0.1, -0.05) is 17.7 Å². The molecule has 3 heteroatoms. The number of allylic oxidation sites excluding steroid dienone is 2. The molecule has 0 N–H and O–H groups in total. The van der Waals surface area contributed by atoms with E-state index in [1.165, 1.54) is 0 Å². The monoisotopic (exact) mass is 244 g/mol. The van der Waals surface area contributed by atoms with Crippen LogP contribution in [-0.2, 0) is 14.3 Å². The Bertz CT molecular complexity index is 536. The van der Waals surface area contributed by atoms with Crippen molar-refractivity contribution < 1.29 is 14.3 Å². The zero-order valence-electron chi connectivity index (χ0n) is 10.7. The van der Waals surface area contributed by atoms with E-state index in [-0.39, 0.29) is 29.7 Å². The number of hydrogen-bond donors (Lipinski definition) is 0. The number of ketones is 1. The summed E-state index contributed by atoms with van der Waals surface area (Å²) in [6.45, 7) is 7.80. The van der Waals surface area contributed by atoms with Gasteiger partial charge in [0.05, 0.1) is 0 Å². The predicted molar refractivity (Wildman–Crippen MR) is 66.7 cm³/mol. The van der Waals surface area contributed by atoms with Crippen molar-refractivity contribution in [3.63, 3.8) is 0 Å². The van der Waals surface area contributed by atoms with E-state index in [0.717, 1.165) is 29.6 Å². The molecule has 1 aliphatic heterocycles. The van der Waals surface area contributed by atoms with Crippen molar-refractivity contribution in [2.24, 2.45) is 11.8 Å². The van der Waals surface area contributed by atoms with Crippen LogP contribution in [0.4, 0.5) is 0 Å². The highest BCUT2D eigenvalue weighted by molar-refractivity contribution is 6.09. The first kappa shape index (κ1) is 11.5. The highest BCUT2D eigenvalue weighted by atomic mass is 16.6. The van der Waals surface area contributed by atoms with Gasteiger partial charge in [-0.25, -0.2) is 4.79 Å². The molecular formula is C15H16O3. The predicted octanol–water partition coefficient (Wildman–Crippen LogP) is 2.34. The van der Waals surface area contributed by atoms with Gasteiger partial charge in [0.25, 0.3) is 0 Å². The quantitative estimate of drug-likeness (QED) is 0.485. The summed E-state index contributed by atoms with van der Waals surface area (Å²) in [5.41, 5.74) is 3.56. The number of carbonyl (C=O) groups is 2. The maximum Gasteiger partial charge on any atom is 0.334 e. The van der Waals surface area contributed by atoms with Gasteiger partial charge in [0, 0.05) is 23.0 Å². The number of ether oxygens (including phenoxy) is 1. The maximum atomic E-state index is 12.0. The molecular weight excluding hydrogens is 228 g/mol. The van der Waals surface area contributed by atoms with Crippen molar-refractivity contribution in [3.8, 4) is 0 Å². The average Bonchev–Trinajstić information content (AvgIpc) is 2.68. The van der Waals surface area contributed by atoms with Crippen molar-refractivity contribution in [3.05, 3.63) is 34.9 Å². The lowest BCUT2D eigenvalue weighted by atomic mass is 9.83. The molecule has 3 rings (SSSR count). The maximum absolute atomic E-state index is 12.0. The summed E-state index contributed by atoms with van der Waals surface area (Å²) in [4.78, 5) is 23.7. The van der Waals surface area contributed by atoms with Crippen molar-refractivity contribution in [1.82, 2.24) is 0 Å². The molecule has 1 fully saturated rings. The smallest absolute Gasteiger partial charge is 0.334 e. The third kappa shape index (κ3) is 1.36. The Morgan fingerprint density at radius 2 is 2.06 bits per heavy atom. The SMILES string of the molecule is C=C1C(=O)O[C@H]2C1CCC(C)=C1C(=O)C=C(C)C12. The Hall–Kier alpha value is -1.64. The Morgan fingerprint density at radius 1 is 1.33 bits per heavy atom. The minimum Gasteiger partial charge on any atom is -0.457 e. The molecule has 1 heterocycles. The molecule has 0 radical (unpaired) electrons. The van der Waals surface area contributed by atoms with Gasteiger partial charge in [-0.2, -0.15) is 0 Å². The fourth-order valence-corrected chi connectivity index (χ4v) is 3.43. The van der Waals surface area contributed by atoms with Crippen LogP contribution in [0.1, 0.15) is 26.7 Å². The Kier molecular flexibility index (Phi) is 2.34. The molecule has 0 spiro atoms. The molecule has 0 saturated carbocycles. The number of rotatable bonds is 0. The molecule has 2 aliphatic carbocycles. The van der Waals surface area contributed by atoms with E-state index in [1.54, 1.807) is 6.08 Å². The van der Waals surface area contributed by atoms with Gasteiger partial charge in [-0.3, -0.25) is 4.79 Å². The van der Waals surface area contributed by atoms with Crippen molar-refractivity contribution in [2.45, 2.75) is 32.8 Å². The highest BCUT2D eigenvalue weighted by Crippen LogP contribution is 2.47. The third-order valence-corrected chi connectivity index (χ3v) is 4.39. The van der Waals surface area contributed by atoms with E-state index in [4.69, 9.17) is 4.74 Å². The summed E-state index contributed by atoms with van der Waals surface area (Å²) in [5.74, 6) is -0.197. The van der Waals surface area contributed by atoms with Crippen molar-refractivity contribution >= 4 is 11.8 Å². The minimum absolute atomic E-state index is 0.0480. The van der Waals surface area contributed by atoms with E-state index in [9.17, 15) is 9.59 Å². The van der Waals surface area contributed by atoms with Gasteiger partial charge in [-0.15, -0.1) is 0 Å². The van der Waals surface area contributed by atoms with Gasteiger partial charge < -0.3 is 4.74 Å². The van der Waals surface area contributed by atoms with E-state index >= 15 is 0 Å². The lowest BCUT2D eigenvalue weighted by Gasteiger charge is -2.23. The van der Waals surface area contributed by atoms with Gasteiger partial charge >= 0.3 is 5.97 Å². The summed E-state index contributed by atoms with van der Waals surface area (Å²) >= 11 is 0. The van der Waals surface area contributed by atoms with Crippen LogP contribution < -0.4 is 0 Å². The van der Waals surface area contributed by atoms with Crippen LogP contribution in [0.5, 0.6) is 0 Å². The van der Waals surface area contributed by atoms with E-state index in [1.807, 2.05) is 13.8 Å². The van der Waals surface area contributed by atoms with Gasteiger partial charge in [-0.05, 0) is 32.8 Å². The molecule has 3 aliphatic rings. The van der Waals surface area contributed by atoms with E-state index in [0.29, 0.717) is 5.57 Å². The number of fused-ring (bicyclic) bond motifs is 3. The second-order valence-electron chi connectivity index (χ2n) is 5.46. The molecule has 0 aromatic heterocycles. The first-order valence-corrected chi connectivity index (χ1v) is 6.32. The minimum atomic E-state index is -0.295. The summed E-state index contributed by atoms with van der Waals surface area (Å²) in [7, 11) is 0. The third-order valence-electron chi connectivity index (χ3n) is 4.39. The molecule has 18 heavy (non-hydrogen) atoms. The fourth-order valence-electron chi connectivity index (χ4n) is 3.43. The standard InChI is InChI=1S/C15H16O3/c1-7-4-5-10-9(3)15(17)18-14(10)13-8(2)6-11(16)12(7)13/h6,10,13-14H,3-5H2,1-2H3/t10?,13?,14-/m0/s1. The summed E-state index contributed by atoms with van der Waals surface area (Å²) < 4.78 is 5.47. The molecule has 94 valence electrons. The van der Waals surface area contributed by atoms with Crippen LogP contribution in [0.25, 0.3) is 0 Å². The Balaban J connectivity index is 2.10. The second-order valence-corrected chi connectivity index (χ2v) is 5.46. The van der Waals surface area contributed by atoms with Gasteiger partial charge in [0.2, 0.25) is 0 Å². The second kappa shape index (κ2) is 3.67. The zero-order chi connectivity index (χ0) is 13.0. The molecule has 1 saturated heterocycles. The number of carbonyl (C=O) groups excluding carboxylic acids is 2. The van der Waals surface area contributed by atoms with E-state index < -0.39 is 0 Å².